The van der Waals surface area contributed by atoms with E-state index in [1.54, 1.807) is 6.07 Å². The molecule has 1 fully saturated rings. The minimum atomic E-state index is 0.0728. The van der Waals surface area contributed by atoms with Crippen LogP contribution in [0, 0.1) is 5.92 Å². The summed E-state index contributed by atoms with van der Waals surface area (Å²) in [6.45, 7) is 9.04. The highest BCUT2D eigenvalue weighted by Gasteiger charge is 2.22. The lowest BCUT2D eigenvalue weighted by Crippen LogP contribution is -2.49. The molecule has 0 aliphatic carbocycles. The van der Waals surface area contributed by atoms with E-state index in [4.69, 9.17) is 11.6 Å². The van der Waals surface area contributed by atoms with Crippen molar-refractivity contribution in [3.05, 3.63) is 33.3 Å². The number of hydrogen-bond donors (Lipinski definition) is 0. The maximum absolute atomic E-state index is 12.4. The van der Waals surface area contributed by atoms with Crippen LogP contribution in [0.4, 0.5) is 0 Å². The molecule has 1 saturated heterocycles. The van der Waals surface area contributed by atoms with Crippen molar-refractivity contribution in [2.75, 3.05) is 32.7 Å². The van der Waals surface area contributed by atoms with Gasteiger partial charge >= 0.3 is 0 Å². The minimum absolute atomic E-state index is 0.0728. The van der Waals surface area contributed by atoms with Crippen molar-refractivity contribution in [3.8, 4) is 0 Å². The first-order valence-corrected chi connectivity index (χ1v) is 8.11. The molecule has 0 aromatic heterocycles. The van der Waals surface area contributed by atoms with Crippen LogP contribution in [0.15, 0.2) is 22.7 Å². The second-order valence-electron chi connectivity index (χ2n) is 5.62. The Hall–Kier alpha value is -0.580. The fourth-order valence-electron chi connectivity index (χ4n) is 2.46. The van der Waals surface area contributed by atoms with Gasteiger partial charge in [0.1, 0.15) is 0 Å². The van der Waals surface area contributed by atoms with Crippen molar-refractivity contribution >= 4 is 33.4 Å². The van der Waals surface area contributed by atoms with Gasteiger partial charge in [-0.15, -0.1) is 0 Å². The number of piperazine rings is 1. The molecule has 0 radical (unpaired) electrons. The predicted octanol–water partition coefficient (Wildman–Crippen LogP) is 3.52. The monoisotopic (exact) mass is 358 g/mol. The van der Waals surface area contributed by atoms with Gasteiger partial charge in [0.05, 0.1) is 5.02 Å². The number of rotatable bonds is 3. The van der Waals surface area contributed by atoms with Gasteiger partial charge in [-0.2, -0.15) is 0 Å². The molecule has 1 aromatic carbocycles. The highest BCUT2D eigenvalue weighted by molar-refractivity contribution is 9.10. The normalized spacial score (nSPS) is 16.8. The Kier molecular flexibility index (Phi) is 5.47. The molecule has 1 aliphatic rings. The Morgan fingerprint density at radius 2 is 1.95 bits per heavy atom. The van der Waals surface area contributed by atoms with Crippen LogP contribution >= 0.6 is 27.5 Å². The van der Waals surface area contributed by atoms with Gasteiger partial charge in [-0.1, -0.05) is 25.4 Å². The van der Waals surface area contributed by atoms with Crippen LogP contribution in [0.5, 0.6) is 0 Å². The average Bonchev–Trinajstić information content (AvgIpc) is 2.41. The fourth-order valence-corrected chi connectivity index (χ4v) is 2.89. The lowest BCUT2D eigenvalue weighted by molar-refractivity contribution is 0.0624. The summed E-state index contributed by atoms with van der Waals surface area (Å²) in [5, 5.41) is 0.578. The Morgan fingerprint density at radius 3 is 2.50 bits per heavy atom. The van der Waals surface area contributed by atoms with Crippen LogP contribution in [-0.2, 0) is 0 Å². The molecule has 0 bridgehead atoms. The Morgan fingerprint density at radius 1 is 1.30 bits per heavy atom. The summed E-state index contributed by atoms with van der Waals surface area (Å²) in [6, 6.07) is 5.37. The van der Waals surface area contributed by atoms with Gasteiger partial charge in [-0.05, 0) is 40.0 Å². The molecule has 1 aromatic rings. The van der Waals surface area contributed by atoms with Gasteiger partial charge < -0.3 is 4.90 Å². The standard InChI is InChI=1S/C15H20BrClN2O/c1-11(2)10-18-5-7-19(8-6-18)15(20)12-3-4-13(16)14(17)9-12/h3-4,9,11H,5-8,10H2,1-2H3. The second-order valence-corrected chi connectivity index (χ2v) is 6.88. The first-order valence-electron chi connectivity index (χ1n) is 6.94. The summed E-state index contributed by atoms with van der Waals surface area (Å²) in [5.74, 6) is 0.742. The summed E-state index contributed by atoms with van der Waals surface area (Å²) >= 11 is 9.39. The molecular weight excluding hydrogens is 340 g/mol. The molecule has 0 atom stereocenters. The molecule has 1 aliphatic heterocycles. The number of benzene rings is 1. The topological polar surface area (TPSA) is 23.6 Å². The molecule has 1 amide bonds. The van der Waals surface area contributed by atoms with E-state index in [0.717, 1.165) is 37.2 Å². The molecule has 0 N–H and O–H groups in total. The molecular formula is C15H20BrClN2O. The van der Waals surface area contributed by atoms with E-state index in [0.29, 0.717) is 16.5 Å². The number of carbonyl (C=O) groups is 1. The third kappa shape index (κ3) is 3.96. The maximum atomic E-state index is 12.4. The van der Waals surface area contributed by atoms with Crippen molar-refractivity contribution in [1.82, 2.24) is 9.80 Å². The molecule has 1 heterocycles. The van der Waals surface area contributed by atoms with E-state index < -0.39 is 0 Å². The van der Waals surface area contributed by atoms with E-state index in [-0.39, 0.29) is 5.91 Å². The van der Waals surface area contributed by atoms with Crippen LogP contribution in [0.1, 0.15) is 24.2 Å². The first kappa shape index (κ1) is 15.8. The van der Waals surface area contributed by atoms with Crippen LogP contribution in [-0.4, -0.2) is 48.4 Å². The molecule has 20 heavy (non-hydrogen) atoms. The van der Waals surface area contributed by atoms with E-state index in [1.807, 2.05) is 17.0 Å². The number of nitrogens with zero attached hydrogens (tertiary/aromatic N) is 2. The summed E-state index contributed by atoms with van der Waals surface area (Å²) in [7, 11) is 0. The van der Waals surface area contributed by atoms with Crippen LogP contribution in [0.25, 0.3) is 0 Å². The molecule has 110 valence electrons. The Balaban J connectivity index is 1.96. The van der Waals surface area contributed by atoms with Crippen molar-refractivity contribution < 1.29 is 4.79 Å². The first-order chi connectivity index (χ1) is 9.47. The second kappa shape index (κ2) is 6.92. The largest absolute Gasteiger partial charge is 0.336 e. The zero-order valence-electron chi connectivity index (χ0n) is 11.9. The van der Waals surface area contributed by atoms with Gasteiger partial charge in [-0.3, -0.25) is 9.69 Å². The molecule has 0 spiro atoms. The van der Waals surface area contributed by atoms with Gasteiger partial charge in [0, 0.05) is 42.8 Å². The van der Waals surface area contributed by atoms with Gasteiger partial charge in [-0.25, -0.2) is 0 Å². The number of halogens is 2. The van der Waals surface area contributed by atoms with Gasteiger partial charge in [0.25, 0.3) is 5.91 Å². The third-order valence-electron chi connectivity index (χ3n) is 3.45. The number of carbonyl (C=O) groups excluding carboxylic acids is 1. The summed E-state index contributed by atoms with van der Waals surface area (Å²) in [6.07, 6.45) is 0. The molecule has 2 rings (SSSR count). The highest BCUT2D eigenvalue weighted by atomic mass is 79.9. The maximum Gasteiger partial charge on any atom is 0.253 e. The van der Waals surface area contributed by atoms with Crippen molar-refractivity contribution in [2.45, 2.75) is 13.8 Å². The van der Waals surface area contributed by atoms with Crippen LogP contribution in [0.3, 0.4) is 0 Å². The average molecular weight is 360 g/mol. The Labute approximate surface area is 134 Å². The van der Waals surface area contributed by atoms with Crippen LogP contribution in [0.2, 0.25) is 5.02 Å². The summed E-state index contributed by atoms with van der Waals surface area (Å²) in [5.41, 5.74) is 0.663. The van der Waals surface area contributed by atoms with E-state index in [1.165, 1.54) is 0 Å². The molecule has 5 heteroatoms. The summed E-state index contributed by atoms with van der Waals surface area (Å²) in [4.78, 5) is 16.8. The molecule has 0 saturated carbocycles. The lowest BCUT2D eigenvalue weighted by Gasteiger charge is -2.35. The van der Waals surface area contributed by atoms with Gasteiger partial charge in [0.2, 0.25) is 0 Å². The third-order valence-corrected chi connectivity index (χ3v) is 4.68. The SMILES string of the molecule is CC(C)CN1CCN(C(=O)c2ccc(Br)c(Cl)c2)CC1. The predicted molar refractivity (Wildman–Crippen MR) is 86.3 cm³/mol. The van der Waals surface area contributed by atoms with E-state index in [9.17, 15) is 4.79 Å². The van der Waals surface area contributed by atoms with Crippen molar-refractivity contribution in [1.29, 1.82) is 0 Å². The van der Waals surface area contributed by atoms with Crippen molar-refractivity contribution in [2.24, 2.45) is 5.92 Å². The zero-order valence-corrected chi connectivity index (χ0v) is 14.2. The smallest absolute Gasteiger partial charge is 0.253 e. The number of hydrogen-bond acceptors (Lipinski definition) is 2. The van der Waals surface area contributed by atoms with E-state index in [2.05, 4.69) is 34.7 Å². The lowest BCUT2D eigenvalue weighted by atomic mass is 10.1. The zero-order chi connectivity index (χ0) is 14.7. The van der Waals surface area contributed by atoms with E-state index >= 15 is 0 Å². The highest BCUT2D eigenvalue weighted by Crippen LogP contribution is 2.24. The quantitative estimate of drug-likeness (QED) is 0.824. The molecule has 0 unspecified atom stereocenters. The molecule has 3 nitrogen and oxygen atoms in total. The fraction of sp³-hybridized carbons (Fsp3) is 0.533. The van der Waals surface area contributed by atoms with Crippen molar-refractivity contribution in [3.63, 3.8) is 0 Å². The number of amides is 1. The summed E-state index contributed by atoms with van der Waals surface area (Å²) < 4.78 is 0.817. The van der Waals surface area contributed by atoms with Gasteiger partial charge in [0.15, 0.2) is 0 Å². The Bertz CT molecular complexity index is 485. The minimum Gasteiger partial charge on any atom is -0.336 e. The van der Waals surface area contributed by atoms with Crippen LogP contribution < -0.4 is 0 Å².